The second-order valence-electron chi connectivity index (χ2n) is 21.6. The standard InChI is InChI=1S/C60H116O6/c1-6-7-8-9-10-11-12-13-15-20-27-32-37-42-47-52-60(63)66-57(54-65-59(62)51-46-41-36-31-26-22-21-24-29-34-39-44-49-56(4)5)53-64-58(61)50-45-40-35-30-25-19-17-14-16-18-23-28-33-38-43-48-55(2)3/h55-57H,6-54H2,1-5H3/t57-/m0/s1. The van der Waals surface area contributed by atoms with E-state index in [0.29, 0.717) is 19.3 Å². The van der Waals surface area contributed by atoms with Crippen molar-refractivity contribution in [3.05, 3.63) is 0 Å². The fourth-order valence-electron chi connectivity index (χ4n) is 9.23. The van der Waals surface area contributed by atoms with Gasteiger partial charge in [0.15, 0.2) is 6.10 Å². The Morgan fingerprint density at radius 3 is 0.742 bits per heavy atom. The fraction of sp³-hybridized carbons (Fsp3) is 0.950. The number of carbonyl (C=O) groups is 3. The summed E-state index contributed by atoms with van der Waals surface area (Å²) in [5.41, 5.74) is 0. The van der Waals surface area contributed by atoms with Crippen molar-refractivity contribution in [3.63, 3.8) is 0 Å². The Morgan fingerprint density at radius 1 is 0.288 bits per heavy atom. The van der Waals surface area contributed by atoms with Crippen LogP contribution in [0.2, 0.25) is 0 Å². The minimum absolute atomic E-state index is 0.0624. The molecule has 0 heterocycles. The zero-order chi connectivity index (χ0) is 48.2. The van der Waals surface area contributed by atoms with Crippen molar-refractivity contribution in [3.8, 4) is 0 Å². The third kappa shape index (κ3) is 53.4. The number of hydrogen-bond donors (Lipinski definition) is 0. The summed E-state index contributed by atoms with van der Waals surface area (Å²) in [7, 11) is 0. The summed E-state index contributed by atoms with van der Waals surface area (Å²) in [6, 6.07) is 0. The fourth-order valence-corrected chi connectivity index (χ4v) is 9.23. The van der Waals surface area contributed by atoms with Crippen LogP contribution in [0.1, 0.15) is 336 Å². The summed E-state index contributed by atoms with van der Waals surface area (Å²) >= 11 is 0. The molecule has 0 spiro atoms. The van der Waals surface area contributed by atoms with Crippen LogP contribution in [0.5, 0.6) is 0 Å². The van der Waals surface area contributed by atoms with Crippen molar-refractivity contribution < 1.29 is 28.6 Å². The van der Waals surface area contributed by atoms with E-state index in [2.05, 4.69) is 34.6 Å². The van der Waals surface area contributed by atoms with Crippen LogP contribution in [-0.2, 0) is 28.6 Å². The normalized spacial score (nSPS) is 12.0. The van der Waals surface area contributed by atoms with Crippen LogP contribution in [-0.4, -0.2) is 37.2 Å². The van der Waals surface area contributed by atoms with Gasteiger partial charge in [-0.05, 0) is 31.1 Å². The molecule has 0 rings (SSSR count). The predicted octanol–water partition coefficient (Wildman–Crippen LogP) is 19.7. The lowest BCUT2D eigenvalue weighted by molar-refractivity contribution is -0.167. The first-order chi connectivity index (χ1) is 32.2. The van der Waals surface area contributed by atoms with Gasteiger partial charge in [-0.3, -0.25) is 14.4 Å². The van der Waals surface area contributed by atoms with Crippen LogP contribution in [0.3, 0.4) is 0 Å². The molecule has 6 heteroatoms. The van der Waals surface area contributed by atoms with Crippen LogP contribution in [0, 0.1) is 11.8 Å². The van der Waals surface area contributed by atoms with E-state index in [0.717, 1.165) is 69.6 Å². The molecule has 0 fully saturated rings. The van der Waals surface area contributed by atoms with Gasteiger partial charge in [-0.2, -0.15) is 0 Å². The minimum atomic E-state index is -0.763. The second kappa shape index (κ2) is 52.8. The topological polar surface area (TPSA) is 78.9 Å². The lowest BCUT2D eigenvalue weighted by Gasteiger charge is -2.18. The van der Waals surface area contributed by atoms with Crippen molar-refractivity contribution in [2.45, 2.75) is 343 Å². The molecule has 0 saturated heterocycles. The summed E-state index contributed by atoms with van der Waals surface area (Å²) in [5, 5.41) is 0. The van der Waals surface area contributed by atoms with Crippen molar-refractivity contribution in [1.82, 2.24) is 0 Å². The Hall–Kier alpha value is -1.59. The van der Waals surface area contributed by atoms with Crippen LogP contribution in [0.15, 0.2) is 0 Å². The molecule has 0 aliphatic carbocycles. The van der Waals surface area contributed by atoms with E-state index in [4.69, 9.17) is 14.2 Å². The maximum atomic E-state index is 12.9. The third-order valence-corrected chi connectivity index (χ3v) is 13.7. The van der Waals surface area contributed by atoms with E-state index in [-0.39, 0.29) is 31.1 Å². The number of carbonyl (C=O) groups excluding carboxylic acids is 3. The van der Waals surface area contributed by atoms with Gasteiger partial charge in [-0.25, -0.2) is 0 Å². The Morgan fingerprint density at radius 2 is 0.500 bits per heavy atom. The Labute approximate surface area is 412 Å². The maximum absolute atomic E-state index is 12.9. The van der Waals surface area contributed by atoms with Crippen LogP contribution in [0.25, 0.3) is 0 Å². The van der Waals surface area contributed by atoms with E-state index in [1.165, 1.54) is 225 Å². The summed E-state index contributed by atoms with van der Waals surface area (Å²) < 4.78 is 16.9. The molecule has 0 aromatic carbocycles. The molecule has 0 amide bonds. The van der Waals surface area contributed by atoms with Crippen LogP contribution >= 0.6 is 0 Å². The smallest absolute Gasteiger partial charge is 0.306 e. The Bertz CT molecular complexity index is 1010. The van der Waals surface area contributed by atoms with Gasteiger partial charge in [-0.1, -0.05) is 298 Å². The van der Waals surface area contributed by atoms with Gasteiger partial charge in [0.2, 0.25) is 0 Å². The molecule has 66 heavy (non-hydrogen) atoms. The van der Waals surface area contributed by atoms with Crippen molar-refractivity contribution in [2.75, 3.05) is 13.2 Å². The monoisotopic (exact) mass is 933 g/mol. The summed E-state index contributed by atoms with van der Waals surface area (Å²) in [5.74, 6) is 0.847. The Kier molecular flexibility index (Phi) is 51.5. The quantitative estimate of drug-likeness (QED) is 0.0343. The lowest BCUT2D eigenvalue weighted by Crippen LogP contribution is -2.30. The van der Waals surface area contributed by atoms with E-state index in [1.807, 2.05) is 0 Å². The molecule has 0 aliphatic rings. The molecule has 1 atom stereocenters. The van der Waals surface area contributed by atoms with Gasteiger partial charge in [-0.15, -0.1) is 0 Å². The number of unbranched alkanes of at least 4 members (excludes halogenated alkanes) is 39. The molecular formula is C60H116O6. The molecule has 0 N–H and O–H groups in total. The van der Waals surface area contributed by atoms with Crippen LogP contribution < -0.4 is 0 Å². The zero-order valence-corrected chi connectivity index (χ0v) is 45.3. The summed E-state index contributed by atoms with van der Waals surface area (Å²) in [4.78, 5) is 38.2. The van der Waals surface area contributed by atoms with Crippen molar-refractivity contribution >= 4 is 17.9 Å². The van der Waals surface area contributed by atoms with E-state index in [9.17, 15) is 14.4 Å². The van der Waals surface area contributed by atoms with Gasteiger partial charge in [0.25, 0.3) is 0 Å². The first-order valence-corrected chi connectivity index (χ1v) is 29.7. The highest BCUT2D eigenvalue weighted by molar-refractivity contribution is 5.71. The number of esters is 3. The van der Waals surface area contributed by atoms with Gasteiger partial charge in [0.05, 0.1) is 0 Å². The molecule has 0 unspecified atom stereocenters. The number of ether oxygens (including phenoxy) is 3. The average molecular weight is 934 g/mol. The highest BCUT2D eigenvalue weighted by Gasteiger charge is 2.19. The highest BCUT2D eigenvalue weighted by Crippen LogP contribution is 2.18. The largest absolute Gasteiger partial charge is 0.462 e. The average Bonchev–Trinajstić information content (AvgIpc) is 3.29. The third-order valence-electron chi connectivity index (χ3n) is 13.7. The van der Waals surface area contributed by atoms with E-state index < -0.39 is 6.10 Å². The summed E-state index contributed by atoms with van der Waals surface area (Å²) in [6.45, 7) is 11.4. The summed E-state index contributed by atoms with van der Waals surface area (Å²) in [6.07, 6.45) is 56.6. The van der Waals surface area contributed by atoms with Crippen LogP contribution in [0.4, 0.5) is 0 Å². The molecule has 0 saturated carbocycles. The molecular weight excluding hydrogens is 817 g/mol. The highest BCUT2D eigenvalue weighted by atomic mass is 16.6. The number of rotatable bonds is 54. The van der Waals surface area contributed by atoms with Gasteiger partial charge >= 0.3 is 17.9 Å². The molecule has 6 nitrogen and oxygen atoms in total. The zero-order valence-electron chi connectivity index (χ0n) is 45.3. The maximum Gasteiger partial charge on any atom is 0.306 e. The van der Waals surface area contributed by atoms with Crippen molar-refractivity contribution in [2.24, 2.45) is 11.8 Å². The molecule has 0 radical (unpaired) electrons. The Balaban J connectivity index is 4.29. The molecule has 0 bridgehead atoms. The first kappa shape index (κ1) is 64.4. The second-order valence-corrected chi connectivity index (χ2v) is 21.6. The van der Waals surface area contributed by atoms with Gasteiger partial charge in [0, 0.05) is 19.3 Å². The minimum Gasteiger partial charge on any atom is -0.462 e. The van der Waals surface area contributed by atoms with Gasteiger partial charge < -0.3 is 14.2 Å². The molecule has 0 aromatic rings. The first-order valence-electron chi connectivity index (χ1n) is 29.7. The molecule has 0 aliphatic heterocycles. The molecule has 0 aromatic heterocycles. The lowest BCUT2D eigenvalue weighted by atomic mass is 10.0. The van der Waals surface area contributed by atoms with Gasteiger partial charge in [0.1, 0.15) is 13.2 Å². The van der Waals surface area contributed by atoms with Crippen molar-refractivity contribution in [1.29, 1.82) is 0 Å². The SMILES string of the molecule is CCCCCCCCCCCCCCCCCC(=O)O[C@@H](COC(=O)CCCCCCCCCCCCCCCCCC(C)C)COC(=O)CCCCCCCCCCCCCCC(C)C. The van der Waals surface area contributed by atoms with E-state index >= 15 is 0 Å². The van der Waals surface area contributed by atoms with E-state index in [1.54, 1.807) is 0 Å². The predicted molar refractivity (Wildman–Crippen MR) is 284 cm³/mol. The molecule has 392 valence electrons. The number of hydrogen-bond acceptors (Lipinski definition) is 6.